The van der Waals surface area contributed by atoms with Gasteiger partial charge in [0.2, 0.25) is 0 Å². The second kappa shape index (κ2) is 8.40. The Kier molecular flexibility index (Phi) is 5.76. The maximum Gasteiger partial charge on any atom is 0.276 e. The van der Waals surface area contributed by atoms with E-state index in [0.717, 1.165) is 16.8 Å². The molecule has 0 radical (unpaired) electrons. The number of nitrogens with zero attached hydrogens (tertiary/aromatic N) is 2. The molecule has 3 rings (SSSR count). The first kappa shape index (κ1) is 18.5. The highest BCUT2D eigenvalue weighted by Crippen LogP contribution is 2.24. The minimum absolute atomic E-state index is 0.237. The predicted molar refractivity (Wildman–Crippen MR) is 104 cm³/mol. The number of aromatic nitrogens is 2. The Morgan fingerprint density at radius 3 is 2.41 bits per heavy atom. The van der Waals surface area contributed by atoms with Crippen molar-refractivity contribution in [1.29, 1.82) is 0 Å². The van der Waals surface area contributed by atoms with Gasteiger partial charge in [-0.15, -0.1) is 10.2 Å². The fourth-order valence-corrected chi connectivity index (χ4v) is 2.64. The number of para-hydroxylation sites is 1. The number of anilines is 2. The molecule has 5 nitrogen and oxygen atoms in total. The van der Waals surface area contributed by atoms with E-state index in [1.807, 2.05) is 24.3 Å². The molecule has 0 aliphatic carbocycles. The van der Waals surface area contributed by atoms with E-state index in [1.54, 1.807) is 24.3 Å². The summed E-state index contributed by atoms with van der Waals surface area (Å²) in [4.78, 5) is 12.4. The number of hydrogen-bond donors (Lipinski definition) is 2. The summed E-state index contributed by atoms with van der Waals surface area (Å²) in [7, 11) is 0. The fraction of sp³-hybridized carbons (Fsp3) is 0.190. The van der Waals surface area contributed by atoms with Crippen LogP contribution in [0.4, 0.5) is 15.9 Å². The van der Waals surface area contributed by atoms with E-state index in [4.69, 9.17) is 0 Å². The number of halogens is 1. The Morgan fingerprint density at radius 2 is 1.74 bits per heavy atom. The molecule has 1 aromatic heterocycles. The second-order valence-electron chi connectivity index (χ2n) is 6.48. The molecule has 1 amide bonds. The van der Waals surface area contributed by atoms with Crippen LogP contribution in [0.2, 0.25) is 0 Å². The molecule has 0 bridgehead atoms. The zero-order chi connectivity index (χ0) is 19.2. The third-order valence-corrected chi connectivity index (χ3v) is 4.12. The summed E-state index contributed by atoms with van der Waals surface area (Å²) in [6.07, 6.45) is 0. The lowest BCUT2D eigenvalue weighted by Gasteiger charge is -2.13. The predicted octanol–water partition coefficient (Wildman–Crippen LogP) is 4.60. The number of carbonyl (C=O) groups is 1. The van der Waals surface area contributed by atoms with Gasteiger partial charge >= 0.3 is 0 Å². The van der Waals surface area contributed by atoms with Gasteiger partial charge in [0.05, 0.1) is 0 Å². The average Bonchev–Trinajstić information content (AvgIpc) is 2.68. The minimum atomic E-state index is -0.305. The van der Waals surface area contributed by atoms with Crippen LogP contribution in [-0.4, -0.2) is 16.1 Å². The fourth-order valence-electron chi connectivity index (χ4n) is 2.64. The van der Waals surface area contributed by atoms with E-state index in [9.17, 15) is 9.18 Å². The standard InChI is InChI=1S/C21H21FN4O/c1-14(2)17-5-3-4-6-18(17)24-21(27)19-11-12-20(26-25-19)23-13-15-7-9-16(22)10-8-15/h3-12,14H,13H2,1-2H3,(H,23,26)(H,24,27). The molecule has 0 aliphatic heterocycles. The average molecular weight is 364 g/mol. The van der Waals surface area contributed by atoms with Gasteiger partial charge < -0.3 is 10.6 Å². The lowest BCUT2D eigenvalue weighted by Crippen LogP contribution is -2.16. The normalized spacial score (nSPS) is 10.7. The Labute approximate surface area is 157 Å². The lowest BCUT2D eigenvalue weighted by molar-refractivity contribution is 0.102. The van der Waals surface area contributed by atoms with Crippen LogP contribution in [0.1, 0.15) is 41.4 Å². The third kappa shape index (κ3) is 4.88. The van der Waals surface area contributed by atoms with Crippen LogP contribution >= 0.6 is 0 Å². The van der Waals surface area contributed by atoms with E-state index in [-0.39, 0.29) is 17.4 Å². The molecule has 2 N–H and O–H groups in total. The van der Waals surface area contributed by atoms with Crippen molar-refractivity contribution in [1.82, 2.24) is 10.2 Å². The molecule has 6 heteroatoms. The molecular formula is C21H21FN4O. The number of hydrogen-bond acceptors (Lipinski definition) is 4. The van der Waals surface area contributed by atoms with Gasteiger partial charge in [-0.2, -0.15) is 0 Å². The van der Waals surface area contributed by atoms with E-state index in [2.05, 4.69) is 34.7 Å². The summed E-state index contributed by atoms with van der Waals surface area (Å²) < 4.78 is 12.9. The first-order valence-electron chi connectivity index (χ1n) is 8.75. The molecule has 0 spiro atoms. The van der Waals surface area contributed by atoms with Gasteiger partial charge in [0.15, 0.2) is 5.69 Å². The van der Waals surface area contributed by atoms with Crippen LogP contribution < -0.4 is 10.6 Å². The van der Waals surface area contributed by atoms with Gasteiger partial charge in [-0.3, -0.25) is 4.79 Å². The first-order chi connectivity index (χ1) is 13.0. The van der Waals surface area contributed by atoms with Crippen molar-refractivity contribution in [3.63, 3.8) is 0 Å². The number of benzene rings is 2. The van der Waals surface area contributed by atoms with E-state index in [0.29, 0.717) is 18.3 Å². The zero-order valence-electron chi connectivity index (χ0n) is 15.2. The van der Waals surface area contributed by atoms with Gasteiger partial charge in [0.1, 0.15) is 11.6 Å². The van der Waals surface area contributed by atoms with Gasteiger partial charge in [0.25, 0.3) is 5.91 Å². The van der Waals surface area contributed by atoms with Crippen LogP contribution in [0, 0.1) is 5.82 Å². The van der Waals surface area contributed by atoms with E-state index in [1.165, 1.54) is 12.1 Å². The van der Waals surface area contributed by atoms with Crippen LogP contribution in [-0.2, 0) is 6.54 Å². The summed E-state index contributed by atoms with van der Waals surface area (Å²) in [6.45, 7) is 4.64. The molecule has 0 saturated carbocycles. The molecule has 27 heavy (non-hydrogen) atoms. The molecule has 0 atom stereocenters. The van der Waals surface area contributed by atoms with Crippen LogP contribution in [0.5, 0.6) is 0 Å². The summed E-state index contributed by atoms with van der Waals surface area (Å²) >= 11 is 0. The van der Waals surface area contributed by atoms with Crippen molar-refractivity contribution >= 4 is 17.4 Å². The highest BCUT2D eigenvalue weighted by molar-refractivity contribution is 6.03. The number of rotatable bonds is 6. The molecule has 138 valence electrons. The summed E-state index contributed by atoms with van der Waals surface area (Å²) in [5.74, 6) is 0.262. The second-order valence-corrected chi connectivity index (χ2v) is 6.48. The van der Waals surface area contributed by atoms with Gasteiger partial charge in [-0.25, -0.2) is 4.39 Å². The zero-order valence-corrected chi connectivity index (χ0v) is 15.2. The van der Waals surface area contributed by atoms with Crippen molar-refractivity contribution in [2.45, 2.75) is 26.3 Å². The number of amides is 1. The molecule has 0 aliphatic rings. The highest BCUT2D eigenvalue weighted by Gasteiger charge is 2.12. The largest absolute Gasteiger partial charge is 0.365 e. The van der Waals surface area contributed by atoms with Gasteiger partial charge in [0, 0.05) is 12.2 Å². The topological polar surface area (TPSA) is 66.9 Å². The van der Waals surface area contributed by atoms with Crippen molar-refractivity contribution in [3.8, 4) is 0 Å². The van der Waals surface area contributed by atoms with Crippen molar-refractivity contribution < 1.29 is 9.18 Å². The SMILES string of the molecule is CC(C)c1ccccc1NC(=O)c1ccc(NCc2ccc(F)cc2)nn1. The van der Waals surface area contributed by atoms with E-state index < -0.39 is 0 Å². The molecule has 3 aromatic rings. The van der Waals surface area contributed by atoms with E-state index >= 15 is 0 Å². The molecule has 0 fully saturated rings. The van der Waals surface area contributed by atoms with Crippen molar-refractivity contribution in [2.75, 3.05) is 10.6 Å². The van der Waals surface area contributed by atoms with Crippen molar-refractivity contribution in [3.05, 3.63) is 83.3 Å². The maximum absolute atomic E-state index is 12.9. The van der Waals surface area contributed by atoms with Crippen LogP contribution in [0.25, 0.3) is 0 Å². The first-order valence-corrected chi connectivity index (χ1v) is 8.75. The minimum Gasteiger partial charge on any atom is -0.365 e. The monoisotopic (exact) mass is 364 g/mol. The van der Waals surface area contributed by atoms with Crippen LogP contribution in [0.3, 0.4) is 0 Å². The molecule has 0 unspecified atom stereocenters. The summed E-state index contributed by atoms with van der Waals surface area (Å²) in [6, 6.07) is 17.2. The third-order valence-electron chi connectivity index (χ3n) is 4.12. The maximum atomic E-state index is 12.9. The molecular weight excluding hydrogens is 343 g/mol. The molecule has 2 aromatic carbocycles. The number of nitrogens with one attached hydrogen (secondary N) is 2. The lowest BCUT2D eigenvalue weighted by atomic mass is 10.0. The van der Waals surface area contributed by atoms with Gasteiger partial charge in [-0.1, -0.05) is 44.2 Å². The summed E-state index contributed by atoms with van der Waals surface area (Å²) in [5.41, 5.74) is 3.00. The Bertz CT molecular complexity index is 908. The number of carbonyl (C=O) groups excluding carboxylic acids is 1. The highest BCUT2D eigenvalue weighted by atomic mass is 19.1. The quantitative estimate of drug-likeness (QED) is 0.671. The molecule has 0 saturated heterocycles. The molecule has 1 heterocycles. The van der Waals surface area contributed by atoms with Crippen molar-refractivity contribution in [2.24, 2.45) is 0 Å². The van der Waals surface area contributed by atoms with Crippen LogP contribution in [0.15, 0.2) is 60.7 Å². The Balaban J connectivity index is 1.63. The Hall–Kier alpha value is -3.28. The van der Waals surface area contributed by atoms with Gasteiger partial charge in [-0.05, 0) is 47.4 Å². The Morgan fingerprint density at radius 1 is 1.00 bits per heavy atom. The summed E-state index contributed by atoms with van der Waals surface area (Å²) in [5, 5.41) is 14.0. The smallest absolute Gasteiger partial charge is 0.276 e.